The SMILES string of the molecule is OCCc1cn2c(Br)cccc2n1. The fraction of sp³-hybridized carbons (Fsp3) is 0.222. The number of nitrogens with zero attached hydrogens (tertiary/aromatic N) is 2. The van der Waals surface area contributed by atoms with Crippen LogP contribution in [0.2, 0.25) is 0 Å². The Bertz CT molecular complexity index is 424. The normalized spacial score (nSPS) is 10.9. The van der Waals surface area contributed by atoms with Crippen LogP contribution < -0.4 is 0 Å². The molecule has 0 saturated heterocycles. The first-order chi connectivity index (χ1) is 6.31. The van der Waals surface area contributed by atoms with Crippen LogP contribution in [-0.2, 0) is 6.42 Å². The van der Waals surface area contributed by atoms with Crippen LogP contribution in [0, 0.1) is 0 Å². The average molecular weight is 241 g/mol. The molecule has 13 heavy (non-hydrogen) atoms. The molecule has 0 aromatic carbocycles. The first kappa shape index (κ1) is 8.72. The van der Waals surface area contributed by atoms with Gasteiger partial charge in [0.15, 0.2) is 0 Å². The van der Waals surface area contributed by atoms with Crippen molar-refractivity contribution in [2.45, 2.75) is 6.42 Å². The fourth-order valence-electron chi connectivity index (χ4n) is 1.26. The Morgan fingerprint density at radius 1 is 1.46 bits per heavy atom. The molecule has 2 rings (SSSR count). The minimum absolute atomic E-state index is 0.140. The van der Waals surface area contributed by atoms with Crippen LogP contribution in [-0.4, -0.2) is 21.1 Å². The van der Waals surface area contributed by atoms with Gasteiger partial charge >= 0.3 is 0 Å². The maximum Gasteiger partial charge on any atom is 0.137 e. The highest BCUT2D eigenvalue weighted by Gasteiger charge is 2.02. The second-order valence-corrected chi connectivity index (χ2v) is 3.60. The number of imidazole rings is 1. The van der Waals surface area contributed by atoms with Gasteiger partial charge in [-0.25, -0.2) is 4.98 Å². The summed E-state index contributed by atoms with van der Waals surface area (Å²) in [6.45, 7) is 0.140. The number of aromatic nitrogens is 2. The Morgan fingerprint density at radius 3 is 3.00 bits per heavy atom. The number of hydrogen-bond acceptors (Lipinski definition) is 2. The molecule has 4 heteroatoms. The van der Waals surface area contributed by atoms with Crippen molar-refractivity contribution >= 4 is 21.6 Å². The van der Waals surface area contributed by atoms with Crippen molar-refractivity contribution in [2.24, 2.45) is 0 Å². The predicted molar refractivity (Wildman–Crippen MR) is 53.7 cm³/mol. The lowest BCUT2D eigenvalue weighted by Gasteiger charge is -1.93. The second kappa shape index (κ2) is 3.47. The van der Waals surface area contributed by atoms with Crippen LogP contribution in [0.1, 0.15) is 5.69 Å². The van der Waals surface area contributed by atoms with E-state index < -0.39 is 0 Å². The Labute approximate surface area is 84.2 Å². The lowest BCUT2D eigenvalue weighted by molar-refractivity contribution is 0.298. The summed E-state index contributed by atoms with van der Waals surface area (Å²) in [5.74, 6) is 0. The Morgan fingerprint density at radius 2 is 2.31 bits per heavy atom. The van der Waals surface area contributed by atoms with Gasteiger partial charge in [-0.3, -0.25) is 4.40 Å². The number of pyridine rings is 1. The minimum atomic E-state index is 0.140. The van der Waals surface area contributed by atoms with E-state index in [0.717, 1.165) is 15.9 Å². The summed E-state index contributed by atoms with van der Waals surface area (Å²) in [4.78, 5) is 4.34. The first-order valence-electron chi connectivity index (χ1n) is 4.04. The monoisotopic (exact) mass is 240 g/mol. The van der Waals surface area contributed by atoms with Gasteiger partial charge in [-0.1, -0.05) is 6.07 Å². The molecule has 2 aromatic rings. The molecule has 68 valence electrons. The third kappa shape index (κ3) is 1.59. The largest absolute Gasteiger partial charge is 0.396 e. The predicted octanol–water partition coefficient (Wildman–Crippen LogP) is 1.63. The zero-order chi connectivity index (χ0) is 9.26. The van der Waals surface area contributed by atoms with Crippen molar-refractivity contribution in [1.82, 2.24) is 9.38 Å². The Kier molecular flexibility index (Phi) is 2.33. The van der Waals surface area contributed by atoms with Gasteiger partial charge in [0.25, 0.3) is 0 Å². The number of hydrogen-bond donors (Lipinski definition) is 1. The van der Waals surface area contributed by atoms with Crippen molar-refractivity contribution in [3.63, 3.8) is 0 Å². The molecule has 0 aliphatic heterocycles. The molecule has 2 aromatic heterocycles. The van der Waals surface area contributed by atoms with Gasteiger partial charge in [0.1, 0.15) is 5.65 Å². The van der Waals surface area contributed by atoms with E-state index in [0.29, 0.717) is 6.42 Å². The molecule has 0 saturated carbocycles. The molecule has 0 spiro atoms. The lowest BCUT2D eigenvalue weighted by atomic mass is 10.4. The number of halogens is 1. The summed E-state index contributed by atoms with van der Waals surface area (Å²) in [5, 5.41) is 8.75. The molecule has 3 nitrogen and oxygen atoms in total. The van der Waals surface area contributed by atoms with Crippen molar-refractivity contribution in [1.29, 1.82) is 0 Å². The third-order valence-electron chi connectivity index (χ3n) is 1.86. The van der Waals surface area contributed by atoms with E-state index in [-0.39, 0.29) is 6.61 Å². The van der Waals surface area contributed by atoms with Crippen LogP contribution in [0.4, 0.5) is 0 Å². The Hall–Kier alpha value is -0.870. The average Bonchev–Trinajstić information content (AvgIpc) is 2.49. The summed E-state index contributed by atoms with van der Waals surface area (Å²) in [7, 11) is 0. The number of aliphatic hydroxyl groups is 1. The van der Waals surface area contributed by atoms with Crippen molar-refractivity contribution < 1.29 is 5.11 Å². The Balaban J connectivity index is 2.55. The molecular weight excluding hydrogens is 232 g/mol. The maximum atomic E-state index is 8.75. The van der Waals surface area contributed by atoms with Crippen molar-refractivity contribution in [3.05, 3.63) is 34.7 Å². The summed E-state index contributed by atoms with van der Waals surface area (Å²) < 4.78 is 2.92. The van der Waals surface area contributed by atoms with Crippen LogP contribution in [0.5, 0.6) is 0 Å². The molecule has 1 N–H and O–H groups in total. The molecule has 0 atom stereocenters. The fourth-order valence-corrected chi connectivity index (χ4v) is 1.70. The zero-order valence-electron chi connectivity index (χ0n) is 6.94. The molecule has 2 heterocycles. The quantitative estimate of drug-likeness (QED) is 0.811. The van der Waals surface area contributed by atoms with E-state index in [1.807, 2.05) is 28.8 Å². The minimum Gasteiger partial charge on any atom is -0.396 e. The second-order valence-electron chi connectivity index (χ2n) is 2.78. The molecule has 0 bridgehead atoms. The van der Waals surface area contributed by atoms with Gasteiger partial charge in [-0.2, -0.15) is 0 Å². The van der Waals surface area contributed by atoms with Gasteiger partial charge in [-0.15, -0.1) is 0 Å². The van der Waals surface area contributed by atoms with Crippen LogP contribution in [0.15, 0.2) is 29.0 Å². The van der Waals surface area contributed by atoms with Crippen LogP contribution >= 0.6 is 15.9 Å². The van der Waals surface area contributed by atoms with E-state index in [1.54, 1.807) is 0 Å². The molecule has 0 unspecified atom stereocenters. The van der Waals surface area contributed by atoms with Gasteiger partial charge < -0.3 is 5.11 Å². The van der Waals surface area contributed by atoms with E-state index in [9.17, 15) is 0 Å². The van der Waals surface area contributed by atoms with Crippen LogP contribution in [0.25, 0.3) is 5.65 Å². The first-order valence-corrected chi connectivity index (χ1v) is 4.84. The highest BCUT2D eigenvalue weighted by Crippen LogP contribution is 2.14. The van der Waals surface area contributed by atoms with Crippen LogP contribution in [0.3, 0.4) is 0 Å². The van der Waals surface area contributed by atoms with Gasteiger partial charge in [0.2, 0.25) is 0 Å². The van der Waals surface area contributed by atoms with E-state index in [4.69, 9.17) is 5.11 Å². The molecule has 0 aliphatic carbocycles. The summed E-state index contributed by atoms with van der Waals surface area (Å²) >= 11 is 3.42. The van der Waals surface area contributed by atoms with Gasteiger partial charge in [-0.05, 0) is 28.1 Å². The summed E-state index contributed by atoms with van der Waals surface area (Å²) in [6, 6.07) is 5.83. The highest BCUT2D eigenvalue weighted by molar-refractivity contribution is 9.10. The summed E-state index contributed by atoms with van der Waals surface area (Å²) in [6.07, 6.45) is 2.53. The van der Waals surface area contributed by atoms with Gasteiger partial charge in [0, 0.05) is 19.2 Å². The molecule has 0 amide bonds. The smallest absolute Gasteiger partial charge is 0.137 e. The van der Waals surface area contributed by atoms with Gasteiger partial charge in [0.05, 0.1) is 10.3 Å². The van der Waals surface area contributed by atoms with E-state index in [2.05, 4.69) is 20.9 Å². The zero-order valence-corrected chi connectivity index (χ0v) is 8.53. The standard InChI is InChI=1S/C9H9BrN2O/c10-8-2-1-3-9-11-7(4-5-13)6-12(8)9/h1-3,6,13H,4-5H2. The lowest BCUT2D eigenvalue weighted by Crippen LogP contribution is -1.89. The molecule has 0 radical (unpaired) electrons. The molecular formula is C9H9BrN2O. The van der Waals surface area contributed by atoms with E-state index >= 15 is 0 Å². The highest BCUT2D eigenvalue weighted by atomic mass is 79.9. The van der Waals surface area contributed by atoms with Crippen molar-refractivity contribution in [3.8, 4) is 0 Å². The third-order valence-corrected chi connectivity index (χ3v) is 2.51. The maximum absolute atomic E-state index is 8.75. The number of aliphatic hydroxyl groups excluding tert-OH is 1. The number of rotatable bonds is 2. The molecule has 0 aliphatic rings. The number of fused-ring (bicyclic) bond motifs is 1. The van der Waals surface area contributed by atoms with E-state index in [1.165, 1.54) is 0 Å². The van der Waals surface area contributed by atoms with Crippen molar-refractivity contribution in [2.75, 3.05) is 6.61 Å². The molecule has 0 fully saturated rings. The topological polar surface area (TPSA) is 37.5 Å². The summed E-state index contributed by atoms with van der Waals surface area (Å²) in [5.41, 5.74) is 1.81.